The minimum atomic E-state index is -0.334. The lowest BCUT2D eigenvalue weighted by Gasteiger charge is -2.31. The van der Waals surface area contributed by atoms with Crippen molar-refractivity contribution in [2.75, 3.05) is 19.7 Å². The van der Waals surface area contributed by atoms with Crippen LogP contribution in [0.5, 0.6) is 11.6 Å². The highest BCUT2D eigenvalue weighted by molar-refractivity contribution is 5.77. The molecule has 1 saturated heterocycles. The van der Waals surface area contributed by atoms with E-state index in [-0.39, 0.29) is 24.4 Å². The fourth-order valence-corrected chi connectivity index (χ4v) is 2.61. The molecule has 0 unspecified atom stereocenters. The first-order valence-corrected chi connectivity index (χ1v) is 8.23. The van der Waals surface area contributed by atoms with E-state index in [1.807, 2.05) is 13.0 Å². The van der Waals surface area contributed by atoms with Gasteiger partial charge in [0.2, 0.25) is 5.88 Å². The summed E-state index contributed by atoms with van der Waals surface area (Å²) in [4.78, 5) is 14.0. The second kappa shape index (κ2) is 7.92. The maximum atomic E-state index is 12.8. The molecule has 1 amide bonds. The largest absolute Gasteiger partial charge is 0.484 e. The number of aromatic nitrogens is 2. The van der Waals surface area contributed by atoms with Gasteiger partial charge in [-0.05, 0) is 37.3 Å². The molecule has 1 fully saturated rings. The van der Waals surface area contributed by atoms with Crippen LogP contribution in [0, 0.1) is 12.7 Å². The fourth-order valence-electron chi connectivity index (χ4n) is 2.61. The average molecular weight is 345 g/mol. The van der Waals surface area contributed by atoms with Gasteiger partial charge in [-0.25, -0.2) is 4.39 Å². The predicted molar refractivity (Wildman–Crippen MR) is 88.9 cm³/mol. The van der Waals surface area contributed by atoms with Gasteiger partial charge in [-0.15, -0.1) is 5.10 Å². The number of benzene rings is 1. The highest BCUT2D eigenvalue weighted by atomic mass is 19.1. The van der Waals surface area contributed by atoms with Crippen molar-refractivity contribution >= 4 is 5.91 Å². The number of rotatable bonds is 5. The molecule has 0 saturated carbocycles. The maximum absolute atomic E-state index is 12.8. The first-order valence-electron chi connectivity index (χ1n) is 8.23. The summed E-state index contributed by atoms with van der Waals surface area (Å²) in [5.74, 6) is 0.567. The van der Waals surface area contributed by atoms with Gasteiger partial charge in [-0.1, -0.05) is 0 Å². The van der Waals surface area contributed by atoms with E-state index in [2.05, 4.69) is 10.2 Å². The molecule has 1 aliphatic heterocycles. The highest BCUT2D eigenvalue weighted by Gasteiger charge is 2.24. The summed E-state index contributed by atoms with van der Waals surface area (Å²) < 4.78 is 24.0. The average Bonchev–Trinajstić information content (AvgIpc) is 2.63. The van der Waals surface area contributed by atoms with Crippen LogP contribution in [0.25, 0.3) is 0 Å². The first kappa shape index (κ1) is 17.1. The van der Waals surface area contributed by atoms with E-state index in [0.717, 1.165) is 18.5 Å². The molecule has 0 N–H and O–H groups in total. The number of carbonyl (C=O) groups excluding carboxylic acids is 1. The third-order valence-corrected chi connectivity index (χ3v) is 4.03. The number of hydrogen-bond acceptors (Lipinski definition) is 5. The smallest absolute Gasteiger partial charge is 0.260 e. The monoisotopic (exact) mass is 345 g/mol. The Morgan fingerprint density at radius 1 is 1.16 bits per heavy atom. The Labute approximate surface area is 145 Å². The number of piperidine rings is 1. The summed E-state index contributed by atoms with van der Waals surface area (Å²) in [6.45, 7) is 3.03. The molecule has 1 aromatic heterocycles. The summed E-state index contributed by atoms with van der Waals surface area (Å²) in [5.41, 5.74) is 0.842. The highest BCUT2D eigenvalue weighted by Crippen LogP contribution is 2.17. The van der Waals surface area contributed by atoms with E-state index in [4.69, 9.17) is 9.47 Å². The number of aryl methyl sites for hydroxylation is 1. The zero-order valence-electron chi connectivity index (χ0n) is 14.0. The van der Waals surface area contributed by atoms with Crippen LogP contribution >= 0.6 is 0 Å². The molecule has 0 atom stereocenters. The summed E-state index contributed by atoms with van der Waals surface area (Å²) in [6.07, 6.45) is 1.49. The fraction of sp³-hybridized carbons (Fsp3) is 0.389. The number of likely N-dealkylation sites (tertiary alicyclic amines) is 1. The second-order valence-electron chi connectivity index (χ2n) is 5.95. The van der Waals surface area contributed by atoms with E-state index in [1.165, 1.54) is 24.3 Å². The van der Waals surface area contributed by atoms with Gasteiger partial charge in [-0.2, -0.15) is 5.10 Å². The summed E-state index contributed by atoms with van der Waals surface area (Å²) in [7, 11) is 0. The van der Waals surface area contributed by atoms with E-state index < -0.39 is 0 Å². The van der Waals surface area contributed by atoms with Gasteiger partial charge in [0.15, 0.2) is 6.61 Å². The van der Waals surface area contributed by atoms with E-state index in [1.54, 1.807) is 11.0 Å². The topological polar surface area (TPSA) is 64.5 Å². The number of ether oxygens (including phenoxy) is 2. The summed E-state index contributed by atoms with van der Waals surface area (Å²) in [6, 6.07) is 9.27. The number of hydrogen-bond donors (Lipinski definition) is 0. The van der Waals surface area contributed by atoms with Crippen LogP contribution in [0.1, 0.15) is 18.5 Å². The lowest BCUT2D eigenvalue weighted by Crippen LogP contribution is -2.43. The number of carbonyl (C=O) groups is 1. The molecule has 6 nitrogen and oxygen atoms in total. The molecule has 1 aliphatic rings. The summed E-state index contributed by atoms with van der Waals surface area (Å²) >= 11 is 0. The van der Waals surface area contributed by atoms with Gasteiger partial charge in [0.05, 0.1) is 5.69 Å². The molecule has 3 rings (SSSR count). The lowest BCUT2D eigenvalue weighted by atomic mass is 10.1. The molecule has 0 bridgehead atoms. The van der Waals surface area contributed by atoms with Gasteiger partial charge in [-0.3, -0.25) is 4.79 Å². The van der Waals surface area contributed by atoms with Gasteiger partial charge in [0.25, 0.3) is 5.91 Å². The zero-order chi connectivity index (χ0) is 17.6. The third-order valence-electron chi connectivity index (χ3n) is 4.03. The summed E-state index contributed by atoms with van der Waals surface area (Å²) in [5, 5.41) is 7.96. The predicted octanol–water partition coefficient (Wildman–Crippen LogP) is 2.37. The SMILES string of the molecule is Cc1ccc(OC2CCN(C(=O)COc3ccc(F)cc3)CC2)nn1. The molecular weight excluding hydrogens is 325 g/mol. The molecule has 0 aliphatic carbocycles. The van der Waals surface area contributed by atoms with Crippen LogP contribution in [0.4, 0.5) is 4.39 Å². The van der Waals surface area contributed by atoms with Crippen molar-refractivity contribution in [1.82, 2.24) is 15.1 Å². The van der Waals surface area contributed by atoms with Crippen LogP contribution in [0.3, 0.4) is 0 Å². The van der Waals surface area contributed by atoms with Crippen molar-refractivity contribution in [2.24, 2.45) is 0 Å². The van der Waals surface area contributed by atoms with E-state index in [9.17, 15) is 9.18 Å². The van der Waals surface area contributed by atoms with Crippen LogP contribution < -0.4 is 9.47 Å². The Morgan fingerprint density at radius 3 is 2.52 bits per heavy atom. The standard InChI is InChI=1S/C18H20FN3O3/c1-13-2-7-17(21-20-13)25-16-8-10-22(11-9-16)18(23)12-24-15-5-3-14(19)4-6-15/h2-7,16H,8-12H2,1H3. The number of halogens is 1. The zero-order valence-corrected chi connectivity index (χ0v) is 14.0. The molecule has 7 heteroatoms. The molecule has 132 valence electrons. The number of amides is 1. The van der Waals surface area contributed by atoms with Crippen LogP contribution in [-0.2, 0) is 4.79 Å². The Hall–Kier alpha value is -2.70. The first-order chi connectivity index (χ1) is 12.1. The van der Waals surface area contributed by atoms with Gasteiger partial charge >= 0.3 is 0 Å². The van der Waals surface area contributed by atoms with Crippen molar-refractivity contribution in [3.8, 4) is 11.6 Å². The van der Waals surface area contributed by atoms with Crippen LogP contribution in [-0.4, -0.2) is 46.8 Å². The molecule has 1 aromatic carbocycles. The Balaban J connectivity index is 1.42. The van der Waals surface area contributed by atoms with Crippen molar-refractivity contribution in [2.45, 2.75) is 25.9 Å². The van der Waals surface area contributed by atoms with E-state index >= 15 is 0 Å². The van der Waals surface area contributed by atoms with Gasteiger partial charge < -0.3 is 14.4 Å². The van der Waals surface area contributed by atoms with E-state index in [0.29, 0.717) is 24.7 Å². The lowest BCUT2D eigenvalue weighted by molar-refractivity contribution is -0.135. The second-order valence-corrected chi connectivity index (χ2v) is 5.95. The normalized spacial score (nSPS) is 15.0. The molecule has 2 heterocycles. The van der Waals surface area contributed by atoms with Crippen molar-refractivity contribution in [3.05, 3.63) is 47.9 Å². The Bertz CT molecular complexity index is 699. The molecule has 0 radical (unpaired) electrons. The molecule has 0 spiro atoms. The minimum Gasteiger partial charge on any atom is -0.484 e. The maximum Gasteiger partial charge on any atom is 0.260 e. The van der Waals surface area contributed by atoms with Crippen molar-refractivity contribution in [1.29, 1.82) is 0 Å². The number of nitrogens with zero attached hydrogens (tertiary/aromatic N) is 3. The van der Waals surface area contributed by atoms with Gasteiger partial charge in [0, 0.05) is 32.0 Å². The molecule has 25 heavy (non-hydrogen) atoms. The van der Waals surface area contributed by atoms with Crippen molar-refractivity contribution in [3.63, 3.8) is 0 Å². The molecule has 2 aromatic rings. The Morgan fingerprint density at radius 2 is 1.88 bits per heavy atom. The third kappa shape index (κ3) is 4.89. The van der Waals surface area contributed by atoms with Gasteiger partial charge in [0.1, 0.15) is 17.7 Å². The Kier molecular flexibility index (Phi) is 5.42. The van der Waals surface area contributed by atoms with Crippen molar-refractivity contribution < 1.29 is 18.7 Å². The van der Waals surface area contributed by atoms with Crippen LogP contribution in [0.2, 0.25) is 0 Å². The van der Waals surface area contributed by atoms with Crippen LogP contribution in [0.15, 0.2) is 36.4 Å². The minimum absolute atomic E-state index is 0.0269. The quantitative estimate of drug-likeness (QED) is 0.832. The molecular formula is C18H20FN3O3.